The molecule has 202 valence electrons. The molecule has 4 rings (SSSR count). The molecule has 2 amide bonds. The molecule has 0 aromatic heterocycles. The number of carbonyl (C=O) groups is 1. The summed E-state index contributed by atoms with van der Waals surface area (Å²) in [5.41, 5.74) is 3.56. The van der Waals surface area contributed by atoms with E-state index < -0.39 is 22.2 Å². The smallest absolute Gasteiger partial charge is 0.321 e. The minimum atomic E-state index is -3.95. The van der Waals surface area contributed by atoms with Gasteiger partial charge >= 0.3 is 6.03 Å². The first kappa shape index (κ1) is 27.6. The summed E-state index contributed by atoms with van der Waals surface area (Å²) in [7, 11) is -2.26. The van der Waals surface area contributed by atoms with Gasteiger partial charge in [0, 0.05) is 31.2 Å². The zero-order chi connectivity index (χ0) is 27.4. The summed E-state index contributed by atoms with van der Waals surface area (Å²) >= 11 is 0. The zero-order valence-corrected chi connectivity index (χ0v) is 23.0. The average Bonchev–Trinajstić information content (AvgIpc) is 2.91. The Labute approximate surface area is 224 Å². The number of aliphatic hydroxyl groups excluding tert-OH is 1. The summed E-state index contributed by atoms with van der Waals surface area (Å²) in [4.78, 5) is 14.5. The molecule has 0 saturated carbocycles. The van der Waals surface area contributed by atoms with Crippen LogP contribution < -0.4 is 10.1 Å². The molecule has 0 fully saturated rings. The van der Waals surface area contributed by atoms with E-state index in [0.717, 1.165) is 16.7 Å². The summed E-state index contributed by atoms with van der Waals surface area (Å²) in [6, 6.07) is 21.3. The molecule has 0 bridgehead atoms. The molecule has 3 aromatic carbocycles. The van der Waals surface area contributed by atoms with E-state index in [1.165, 1.54) is 9.21 Å². The molecule has 1 aliphatic rings. The van der Waals surface area contributed by atoms with Crippen molar-refractivity contribution in [3.8, 4) is 16.9 Å². The highest BCUT2D eigenvalue weighted by molar-refractivity contribution is 7.89. The Balaban J connectivity index is 1.69. The van der Waals surface area contributed by atoms with Gasteiger partial charge in [0.2, 0.25) is 10.0 Å². The highest BCUT2D eigenvalue weighted by Crippen LogP contribution is 2.36. The van der Waals surface area contributed by atoms with Gasteiger partial charge in [0.05, 0.1) is 13.2 Å². The highest BCUT2D eigenvalue weighted by Gasteiger charge is 2.38. The lowest BCUT2D eigenvalue weighted by Gasteiger charge is -2.37. The fraction of sp³-hybridized carbons (Fsp3) is 0.345. The SMILES string of the molecule is Cc1ccc(-c2ccc3c(c2)O[C@@H](CN(C)C(=O)Nc2ccccc2)[C@@H](C)CN([C@H](C)CO)S3(=O)=O)cc1. The van der Waals surface area contributed by atoms with Crippen molar-refractivity contribution >= 4 is 21.7 Å². The first-order valence-corrected chi connectivity index (χ1v) is 14.1. The Hall–Kier alpha value is -3.40. The molecule has 0 aliphatic carbocycles. The summed E-state index contributed by atoms with van der Waals surface area (Å²) in [5, 5.41) is 12.7. The van der Waals surface area contributed by atoms with Crippen LogP contribution in [0.2, 0.25) is 0 Å². The van der Waals surface area contributed by atoms with E-state index in [4.69, 9.17) is 4.74 Å². The minimum absolute atomic E-state index is 0.0435. The molecular weight excluding hydrogens is 502 g/mol. The van der Waals surface area contributed by atoms with Crippen LogP contribution in [0.3, 0.4) is 0 Å². The molecule has 0 saturated heterocycles. The van der Waals surface area contributed by atoms with Gasteiger partial charge in [-0.25, -0.2) is 13.2 Å². The number of rotatable bonds is 6. The molecule has 3 atom stereocenters. The van der Waals surface area contributed by atoms with E-state index in [0.29, 0.717) is 5.69 Å². The van der Waals surface area contributed by atoms with Crippen LogP contribution in [0.15, 0.2) is 77.7 Å². The van der Waals surface area contributed by atoms with Gasteiger partial charge in [-0.15, -0.1) is 0 Å². The maximum Gasteiger partial charge on any atom is 0.321 e. The number of hydrogen-bond acceptors (Lipinski definition) is 5. The molecule has 1 heterocycles. The van der Waals surface area contributed by atoms with Crippen molar-refractivity contribution in [1.82, 2.24) is 9.21 Å². The van der Waals surface area contributed by atoms with Crippen molar-refractivity contribution in [2.45, 2.75) is 37.8 Å². The van der Waals surface area contributed by atoms with Gasteiger partial charge < -0.3 is 20.1 Å². The van der Waals surface area contributed by atoms with Gasteiger partial charge in [0.25, 0.3) is 0 Å². The van der Waals surface area contributed by atoms with E-state index >= 15 is 0 Å². The second-order valence-electron chi connectivity index (χ2n) is 9.94. The van der Waals surface area contributed by atoms with Crippen LogP contribution >= 0.6 is 0 Å². The lowest BCUT2D eigenvalue weighted by atomic mass is 10.0. The summed E-state index contributed by atoms with van der Waals surface area (Å²) in [6.45, 7) is 5.65. The number of amides is 2. The molecule has 0 spiro atoms. The van der Waals surface area contributed by atoms with Crippen molar-refractivity contribution < 1.29 is 23.1 Å². The topological polar surface area (TPSA) is 99.2 Å². The van der Waals surface area contributed by atoms with Gasteiger partial charge in [-0.05, 0) is 49.2 Å². The number of carbonyl (C=O) groups excluding carboxylic acids is 1. The number of sulfonamides is 1. The van der Waals surface area contributed by atoms with Gasteiger partial charge in [-0.1, -0.05) is 61.0 Å². The van der Waals surface area contributed by atoms with Crippen LogP contribution in [0.25, 0.3) is 11.1 Å². The molecule has 2 N–H and O–H groups in total. The Morgan fingerprint density at radius 2 is 1.76 bits per heavy atom. The number of nitrogens with one attached hydrogen (secondary N) is 1. The summed E-state index contributed by atoms with van der Waals surface area (Å²) in [6.07, 6.45) is -0.502. The number of benzene rings is 3. The molecular formula is C29H35N3O5S. The lowest BCUT2D eigenvalue weighted by Crippen LogP contribution is -2.50. The van der Waals surface area contributed by atoms with E-state index in [2.05, 4.69) is 5.32 Å². The zero-order valence-electron chi connectivity index (χ0n) is 22.2. The van der Waals surface area contributed by atoms with Crippen LogP contribution in [-0.4, -0.2) is 67.7 Å². The third kappa shape index (κ3) is 6.01. The van der Waals surface area contributed by atoms with E-state index in [-0.39, 0.29) is 42.3 Å². The second kappa shape index (κ2) is 11.6. The van der Waals surface area contributed by atoms with Gasteiger partial charge in [0.1, 0.15) is 16.7 Å². The number of fused-ring (bicyclic) bond motifs is 1. The highest BCUT2D eigenvalue weighted by atomic mass is 32.2. The number of urea groups is 1. The number of ether oxygens (including phenoxy) is 1. The standard InChI is InChI=1S/C29H35N3O5S/c1-20-10-12-23(13-11-20)24-14-15-28-26(16-24)37-27(21(2)17-32(22(3)19-33)38(28,35)36)18-31(4)29(34)30-25-8-6-5-7-9-25/h5-16,21-22,27,33H,17-19H2,1-4H3,(H,30,34)/t21-,22+,27-/m0/s1. The molecule has 0 unspecified atom stereocenters. The number of likely N-dealkylation sites (N-methyl/N-ethyl adjacent to an activating group) is 1. The molecule has 0 radical (unpaired) electrons. The van der Waals surface area contributed by atoms with Gasteiger partial charge in [0.15, 0.2) is 0 Å². The van der Waals surface area contributed by atoms with Gasteiger partial charge in [-0.3, -0.25) is 0 Å². The van der Waals surface area contributed by atoms with Crippen molar-refractivity contribution in [3.63, 3.8) is 0 Å². The third-order valence-electron chi connectivity index (χ3n) is 6.88. The van der Waals surface area contributed by atoms with Gasteiger partial charge in [-0.2, -0.15) is 4.31 Å². The predicted molar refractivity (Wildman–Crippen MR) is 149 cm³/mol. The number of hydrogen-bond donors (Lipinski definition) is 2. The Kier molecular flexibility index (Phi) is 8.40. The van der Waals surface area contributed by atoms with Crippen LogP contribution in [0.4, 0.5) is 10.5 Å². The first-order valence-electron chi connectivity index (χ1n) is 12.7. The fourth-order valence-corrected chi connectivity index (χ4v) is 6.29. The normalized spacial score (nSPS) is 19.8. The fourth-order valence-electron chi connectivity index (χ4n) is 4.46. The van der Waals surface area contributed by atoms with Crippen LogP contribution in [-0.2, 0) is 10.0 Å². The van der Waals surface area contributed by atoms with Crippen molar-refractivity contribution in [2.75, 3.05) is 32.1 Å². The molecule has 38 heavy (non-hydrogen) atoms. The molecule has 3 aromatic rings. The number of anilines is 1. The predicted octanol–water partition coefficient (Wildman–Crippen LogP) is 4.59. The van der Waals surface area contributed by atoms with E-state index in [9.17, 15) is 18.3 Å². The summed E-state index contributed by atoms with van der Waals surface area (Å²) < 4.78 is 35.2. The van der Waals surface area contributed by atoms with Crippen LogP contribution in [0.5, 0.6) is 5.75 Å². The van der Waals surface area contributed by atoms with Crippen LogP contribution in [0.1, 0.15) is 19.4 Å². The maximum absolute atomic E-state index is 13.7. The number of aliphatic hydroxyl groups is 1. The Morgan fingerprint density at radius 1 is 1.11 bits per heavy atom. The molecule has 8 nitrogen and oxygen atoms in total. The van der Waals surface area contributed by atoms with Crippen molar-refractivity contribution in [3.05, 3.63) is 78.4 Å². The largest absolute Gasteiger partial charge is 0.487 e. The minimum Gasteiger partial charge on any atom is -0.487 e. The van der Waals surface area contributed by atoms with Crippen molar-refractivity contribution in [1.29, 1.82) is 0 Å². The summed E-state index contributed by atoms with van der Waals surface area (Å²) in [5.74, 6) is -0.0476. The molecule has 1 aliphatic heterocycles. The monoisotopic (exact) mass is 537 g/mol. The Bertz CT molecular complexity index is 1360. The lowest BCUT2D eigenvalue weighted by molar-refractivity contribution is 0.0830. The number of aryl methyl sites for hydroxylation is 1. The molecule has 9 heteroatoms. The first-order chi connectivity index (χ1) is 18.1. The van der Waals surface area contributed by atoms with E-state index in [1.54, 1.807) is 32.2 Å². The Morgan fingerprint density at radius 3 is 2.42 bits per heavy atom. The maximum atomic E-state index is 13.7. The van der Waals surface area contributed by atoms with Crippen molar-refractivity contribution in [2.24, 2.45) is 5.92 Å². The number of para-hydroxylation sites is 1. The van der Waals surface area contributed by atoms with E-state index in [1.807, 2.05) is 68.4 Å². The third-order valence-corrected chi connectivity index (χ3v) is 8.90. The number of nitrogens with zero attached hydrogens (tertiary/aromatic N) is 2. The second-order valence-corrected chi connectivity index (χ2v) is 11.8. The van der Waals surface area contributed by atoms with Crippen LogP contribution in [0, 0.1) is 12.8 Å². The average molecular weight is 538 g/mol. The quantitative estimate of drug-likeness (QED) is 0.479.